The van der Waals surface area contributed by atoms with Gasteiger partial charge in [-0.05, 0) is 17.7 Å². The molecule has 0 saturated heterocycles. The maximum absolute atomic E-state index is 13.1. The van der Waals surface area contributed by atoms with E-state index in [4.69, 9.17) is 23.2 Å². The van der Waals surface area contributed by atoms with Crippen LogP contribution in [0.5, 0.6) is 0 Å². The number of carboxylic acid groups (broad SMARTS) is 1. The number of halogens is 2. The van der Waals surface area contributed by atoms with Crippen LogP contribution in [0.15, 0.2) is 30.9 Å². The topological polar surface area (TPSA) is 85.1 Å². The quantitative estimate of drug-likeness (QED) is 0.814. The maximum atomic E-state index is 13.1. The molecule has 0 spiro atoms. The van der Waals surface area contributed by atoms with Crippen LogP contribution in [0.2, 0.25) is 10.0 Å². The summed E-state index contributed by atoms with van der Waals surface area (Å²) in [6.45, 7) is 5.33. The van der Waals surface area contributed by atoms with E-state index in [-0.39, 0.29) is 12.2 Å². The van der Waals surface area contributed by atoms with Gasteiger partial charge in [0.05, 0.1) is 6.42 Å². The SMILES string of the molecule is CC(C)(C)C(=O)C(C(CC(=O)O)c1ccc(Cl)cc1Cl)n1cncn1. The fourth-order valence-electron chi connectivity index (χ4n) is 2.67. The number of aromatic nitrogens is 3. The molecule has 0 saturated carbocycles. The molecule has 2 atom stereocenters. The van der Waals surface area contributed by atoms with E-state index < -0.39 is 23.3 Å². The van der Waals surface area contributed by atoms with Crippen molar-refractivity contribution < 1.29 is 14.7 Å². The Labute approximate surface area is 155 Å². The molecule has 6 nitrogen and oxygen atoms in total. The summed E-state index contributed by atoms with van der Waals surface area (Å²) in [5.41, 5.74) is -0.168. The zero-order valence-electron chi connectivity index (χ0n) is 14.1. The average Bonchev–Trinajstić information content (AvgIpc) is 2.99. The number of Topliss-reactive ketones (excluding diaryl/α,β-unsaturated/α-hetero) is 1. The third kappa shape index (κ3) is 4.58. The molecule has 0 aliphatic heterocycles. The maximum Gasteiger partial charge on any atom is 0.304 e. The van der Waals surface area contributed by atoms with E-state index in [0.717, 1.165) is 0 Å². The smallest absolute Gasteiger partial charge is 0.304 e. The Morgan fingerprint density at radius 3 is 2.44 bits per heavy atom. The molecule has 1 heterocycles. The van der Waals surface area contributed by atoms with Crippen LogP contribution in [-0.2, 0) is 9.59 Å². The second kappa shape index (κ2) is 7.54. The van der Waals surface area contributed by atoms with Crippen LogP contribution < -0.4 is 0 Å². The van der Waals surface area contributed by atoms with Crippen molar-refractivity contribution in [3.8, 4) is 0 Å². The van der Waals surface area contributed by atoms with Gasteiger partial charge in [-0.1, -0.05) is 50.0 Å². The van der Waals surface area contributed by atoms with Crippen LogP contribution >= 0.6 is 23.2 Å². The van der Waals surface area contributed by atoms with Crippen molar-refractivity contribution in [2.24, 2.45) is 5.41 Å². The lowest BCUT2D eigenvalue weighted by atomic mass is 9.78. The zero-order chi connectivity index (χ0) is 18.8. The summed E-state index contributed by atoms with van der Waals surface area (Å²) < 4.78 is 1.39. The van der Waals surface area contributed by atoms with E-state index in [1.807, 2.05) is 0 Å². The number of hydrogen-bond acceptors (Lipinski definition) is 4. The van der Waals surface area contributed by atoms with E-state index >= 15 is 0 Å². The second-order valence-corrected chi connectivity index (χ2v) is 7.65. The van der Waals surface area contributed by atoms with E-state index in [1.54, 1.807) is 32.9 Å². The minimum atomic E-state index is -1.04. The van der Waals surface area contributed by atoms with E-state index in [0.29, 0.717) is 15.6 Å². The molecule has 2 aromatic rings. The molecular formula is C17H19Cl2N3O3. The Bertz CT molecular complexity index is 770. The summed E-state index contributed by atoms with van der Waals surface area (Å²) in [4.78, 5) is 28.5. The number of carbonyl (C=O) groups excluding carboxylic acids is 1. The summed E-state index contributed by atoms with van der Waals surface area (Å²) in [5, 5.41) is 14.2. The fourth-order valence-corrected chi connectivity index (χ4v) is 3.22. The molecule has 0 radical (unpaired) electrons. The van der Waals surface area contributed by atoms with Gasteiger partial charge >= 0.3 is 5.97 Å². The Morgan fingerprint density at radius 2 is 1.96 bits per heavy atom. The third-order valence-electron chi connectivity index (χ3n) is 3.87. The Balaban J connectivity index is 2.61. The van der Waals surface area contributed by atoms with Crippen LogP contribution in [0.3, 0.4) is 0 Å². The average molecular weight is 384 g/mol. The van der Waals surface area contributed by atoms with Gasteiger partial charge < -0.3 is 5.11 Å². The number of ketones is 1. The number of aliphatic carboxylic acids is 1. The monoisotopic (exact) mass is 383 g/mol. The largest absolute Gasteiger partial charge is 0.481 e. The molecule has 1 aromatic carbocycles. The van der Waals surface area contributed by atoms with Gasteiger partial charge in [0.25, 0.3) is 0 Å². The van der Waals surface area contributed by atoms with Gasteiger partial charge in [-0.25, -0.2) is 9.67 Å². The number of carbonyl (C=O) groups is 2. The van der Waals surface area contributed by atoms with Gasteiger partial charge in [-0.3, -0.25) is 9.59 Å². The molecule has 0 aliphatic rings. The summed E-state index contributed by atoms with van der Waals surface area (Å²) in [6, 6.07) is 3.96. The van der Waals surface area contributed by atoms with Gasteiger partial charge in [0, 0.05) is 21.4 Å². The van der Waals surface area contributed by atoms with Gasteiger partial charge in [-0.15, -0.1) is 0 Å². The van der Waals surface area contributed by atoms with Crippen molar-refractivity contribution in [2.45, 2.75) is 39.2 Å². The summed E-state index contributed by atoms with van der Waals surface area (Å²) >= 11 is 12.2. The van der Waals surface area contributed by atoms with Gasteiger partial charge in [0.2, 0.25) is 0 Å². The number of nitrogens with zero attached hydrogens (tertiary/aromatic N) is 3. The van der Waals surface area contributed by atoms with Crippen molar-refractivity contribution in [3.63, 3.8) is 0 Å². The van der Waals surface area contributed by atoms with Crippen LogP contribution in [0.25, 0.3) is 0 Å². The second-order valence-electron chi connectivity index (χ2n) is 6.80. The molecule has 25 heavy (non-hydrogen) atoms. The molecule has 0 bridgehead atoms. The number of hydrogen-bond donors (Lipinski definition) is 1. The first kappa shape index (κ1) is 19.4. The molecule has 1 N–H and O–H groups in total. The minimum absolute atomic E-state index is 0.157. The van der Waals surface area contributed by atoms with Gasteiger partial charge in [0.15, 0.2) is 5.78 Å². The molecule has 134 valence electrons. The fraction of sp³-hybridized carbons (Fsp3) is 0.412. The first-order valence-corrected chi connectivity index (χ1v) is 8.42. The summed E-state index contributed by atoms with van der Waals surface area (Å²) in [6.07, 6.45) is 2.44. The zero-order valence-corrected chi connectivity index (χ0v) is 15.6. The lowest BCUT2D eigenvalue weighted by Gasteiger charge is -2.31. The molecule has 1 aromatic heterocycles. The molecule has 0 aliphatic carbocycles. The highest BCUT2D eigenvalue weighted by Crippen LogP contribution is 2.40. The third-order valence-corrected chi connectivity index (χ3v) is 4.43. The summed E-state index contributed by atoms with van der Waals surface area (Å²) in [7, 11) is 0. The van der Waals surface area contributed by atoms with Gasteiger partial charge in [-0.2, -0.15) is 5.10 Å². The first-order chi connectivity index (χ1) is 11.6. The van der Waals surface area contributed by atoms with Crippen LogP contribution in [0, 0.1) is 5.41 Å². The predicted molar refractivity (Wildman–Crippen MR) is 95.0 cm³/mol. The van der Waals surface area contributed by atoms with Crippen LogP contribution in [-0.4, -0.2) is 31.6 Å². The van der Waals surface area contributed by atoms with Crippen molar-refractivity contribution >= 4 is 35.0 Å². The van der Waals surface area contributed by atoms with Crippen molar-refractivity contribution in [2.75, 3.05) is 0 Å². The molecule has 0 fully saturated rings. The van der Waals surface area contributed by atoms with E-state index in [1.165, 1.54) is 23.4 Å². The molecule has 8 heteroatoms. The van der Waals surface area contributed by atoms with Crippen molar-refractivity contribution in [3.05, 3.63) is 46.5 Å². The van der Waals surface area contributed by atoms with Crippen molar-refractivity contribution in [1.29, 1.82) is 0 Å². The molecule has 2 unspecified atom stereocenters. The highest BCUT2D eigenvalue weighted by Gasteiger charge is 2.39. The number of carboxylic acids is 1. The predicted octanol–water partition coefficient (Wildman–Crippen LogP) is 4.00. The Kier molecular flexibility index (Phi) is 5.85. The van der Waals surface area contributed by atoms with Crippen molar-refractivity contribution in [1.82, 2.24) is 14.8 Å². The van der Waals surface area contributed by atoms with E-state index in [9.17, 15) is 14.7 Å². The summed E-state index contributed by atoms with van der Waals surface area (Å²) in [5.74, 6) is -1.91. The molecule has 2 rings (SSSR count). The number of benzene rings is 1. The minimum Gasteiger partial charge on any atom is -0.481 e. The standard InChI is InChI=1S/C17H19Cl2N3O3/c1-17(2,3)16(25)15(22-9-20-8-21-22)12(7-14(23)24)11-5-4-10(18)6-13(11)19/h4-6,8-9,12,15H,7H2,1-3H3,(H,23,24). The molecule has 0 amide bonds. The van der Waals surface area contributed by atoms with E-state index in [2.05, 4.69) is 10.1 Å². The highest BCUT2D eigenvalue weighted by molar-refractivity contribution is 6.35. The first-order valence-electron chi connectivity index (χ1n) is 7.66. The van der Waals surface area contributed by atoms with Crippen LogP contribution in [0.4, 0.5) is 0 Å². The Hall–Kier alpha value is -1.92. The highest BCUT2D eigenvalue weighted by atomic mass is 35.5. The number of rotatable bonds is 6. The molecular weight excluding hydrogens is 365 g/mol. The lowest BCUT2D eigenvalue weighted by molar-refractivity contribution is -0.138. The van der Waals surface area contributed by atoms with Crippen LogP contribution in [0.1, 0.15) is 44.7 Å². The van der Waals surface area contributed by atoms with Gasteiger partial charge in [0.1, 0.15) is 18.7 Å². The Morgan fingerprint density at radius 1 is 1.28 bits per heavy atom. The lowest BCUT2D eigenvalue weighted by Crippen LogP contribution is -2.35. The normalized spacial score (nSPS) is 14.1.